The van der Waals surface area contributed by atoms with Crippen molar-refractivity contribution in [2.24, 2.45) is 10.9 Å². The monoisotopic (exact) mass is 327 g/mol. The van der Waals surface area contributed by atoms with E-state index in [1.54, 1.807) is 19.2 Å². The molecule has 23 heavy (non-hydrogen) atoms. The summed E-state index contributed by atoms with van der Waals surface area (Å²) >= 11 is 0. The van der Waals surface area contributed by atoms with E-state index in [4.69, 9.17) is 4.74 Å². The Morgan fingerprint density at radius 3 is 3.00 bits per heavy atom. The van der Waals surface area contributed by atoms with Crippen LogP contribution in [0.3, 0.4) is 0 Å². The number of hydrogen-bond donors (Lipinski definition) is 1. The molecule has 0 amide bonds. The number of ether oxygens (including phenoxy) is 2. The highest BCUT2D eigenvalue weighted by molar-refractivity contribution is 5.79. The summed E-state index contributed by atoms with van der Waals surface area (Å²) in [6.07, 6.45) is 1.06. The van der Waals surface area contributed by atoms with Gasteiger partial charge in [0.05, 0.1) is 6.61 Å². The molecular weight excluding hydrogens is 304 g/mol. The van der Waals surface area contributed by atoms with Crippen LogP contribution in [0.2, 0.25) is 0 Å². The molecule has 1 aliphatic heterocycles. The van der Waals surface area contributed by atoms with Crippen LogP contribution in [0.25, 0.3) is 0 Å². The molecule has 5 nitrogen and oxygen atoms in total. The van der Waals surface area contributed by atoms with Crippen LogP contribution < -0.4 is 10.1 Å². The molecule has 1 aliphatic rings. The molecule has 2 rings (SSSR count). The Morgan fingerprint density at radius 2 is 2.35 bits per heavy atom. The minimum Gasteiger partial charge on any atom is -0.435 e. The van der Waals surface area contributed by atoms with Gasteiger partial charge in [0.25, 0.3) is 0 Å². The van der Waals surface area contributed by atoms with Gasteiger partial charge in [-0.15, -0.1) is 0 Å². The summed E-state index contributed by atoms with van der Waals surface area (Å²) in [5.41, 5.74) is 0.849. The third-order valence-electron chi connectivity index (χ3n) is 3.70. The van der Waals surface area contributed by atoms with E-state index < -0.39 is 6.61 Å². The van der Waals surface area contributed by atoms with Gasteiger partial charge < -0.3 is 19.7 Å². The van der Waals surface area contributed by atoms with Gasteiger partial charge in [-0.3, -0.25) is 4.99 Å². The molecule has 0 radical (unpaired) electrons. The fourth-order valence-corrected chi connectivity index (χ4v) is 2.60. The van der Waals surface area contributed by atoms with Crippen LogP contribution in [0.5, 0.6) is 5.75 Å². The summed E-state index contributed by atoms with van der Waals surface area (Å²) in [5.74, 6) is 1.43. The minimum atomic E-state index is -2.81. The lowest BCUT2D eigenvalue weighted by Gasteiger charge is -2.24. The number of nitrogens with one attached hydrogen (secondary N) is 1. The molecule has 1 aromatic rings. The van der Waals surface area contributed by atoms with Crippen molar-refractivity contribution in [3.8, 4) is 5.75 Å². The van der Waals surface area contributed by atoms with Gasteiger partial charge in [-0.2, -0.15) is 8.78 Å². The van der Waals surface area contributed by atoms with Gasteiger partial charge in [-0.1, -0.05) is 12.1 Å². The van der Waals surface area contributed by atoms with Gasteiger partial charge in [0.1, 0.15) is 5.75 Å². The molecule has 1 aromatic carbocycles. The first-order chi connectivity index (χ1) is 11.1. The second-order valence-corrected chi connectivity index (χ2v) is 5.54. The van der Waals surface area contributed by atoms with Crippen molar-refractivity contribution in [2.75, 3.05) is 33.9 Å². The average Bonchev–Trinajstić information content (AvgIpc) is 3.00. The lowest BCUT2D eigenvalue weighted by molar-refractivity contribution is -0.0498. The van der Waals surface area contributed by atoms with E-state index in [9.17, 15) is 8.78 Å². The summed E-state index contributed by atoms with van der Waals surface area (Å²) in [4.78, 5) is 6.31. The predicted octanol–water partition coefficient (Wildman–Crippen LogP) is 2.33. The molecule has 0 bridgehead atoms. The summed E-state index contributed by atoms with van der Waals surface area (Å²) in [6, 6.07) is 6.65. The van der Waals surface area contributed by atoms with Crippen molar-refractivity contribution in [3.63, 3.8) is 0 Å². The molecule has 128 valence electrons. The van der Waals surface area contributed by atoms with Gasteiger partial charge in [0.2, 0.25) is 0 Å². The maximum absolute atomic E-state index is 12.2. The highest BCUT2D eigenvalue weighted by Gasteiger charge is 2.19. The van der Waals surface area contributed by atoms with Gasteiger partial charge in [-0.05, 0) is 24.1 Å². The molecule has 7 heteroatoms. The molecule has 0 saturated carbocycles. The number of benzene rings is 1. The van der Waals surface area contributed by atoms with Crippen molar-refractivity contribution in [3.05, 3.63) is 29.8 Å². The van der Waals surface area contributed by atoms with E-state index >= 15 is 0 Å². The van der Waals surface area contributed by atoms with Crippen molar-refractivity contribution < 1.29 is 18.3 Å². The topological polar surface area (TPSA) is 46.1 Å². The summed E-state index contributed by atoms with van der Waals surface area (Å²) in [7, 11) is 3.70. The largest absolute Gasteiger partial charge is 0.435 e. The summed E-state index contributed by atoms with van der Waals surface area (Å²) in [5, 5.41) is 3.23. The molecule has 1 atom stereocenters. The zero-order valence-electron chi connectivity index (χ0n) is 13.5. The molecule has 0 aromatic heterocycles. The smallest absolute Gasteiger partial charge is 0.387 e. The van der Waals surface area contributed by atoms with Gasteiger partial charge in [-0.25, -0.2) is 0 Å². The molecule has 1 saturated heterocycles. The standard InChI is InChI=1S/C16H23F2N3O2/c1-19-16(21(2)10-13-6-7-22-11-13)20-9-12-4-3-5-14(8-12)23-15(17)18/h3-5,8,13,15H,6-7,9-11H2,1-2H3,(H,19,20). The highest BCUT2D eigenvalue weighted by atomic mass is 19.3. The minimum absolute atomic E-state index is 0.158. The Bertz CT molecular complexity index is 520. The fraction of sp³-hybridized carbons (Fsp3) is 0.562. The number of alkyl halides is 2. The van der Waals surface area contributed by atoms with Crippen molar-refractivity contribution in [2.45, 2.75) is 19.6 Å². The molecular formula is C16H23F2N3O2. The first kappa shape index (κ1) is 17.5. The van der Waals surface area contributed by atoms with E-state index in [-0.39, 0.29) is 5.75 Å². The normalized spacial score (nSPS) is 18.3. The first-order valence-electron chi connectivity index (χ1n) is 7.61. The number of rotatable bonds is 6. The van der Waals surface area contributed by atoms with Gasteiger partial charge in [0.15, 0.2) is 5.96 Å². The van der Waals surface area contributed by atoms with E-state index in [0.29, 0.717) is 12.5 Å². The molecule has 0 aliphatic carbocycles. The Hall–Kier alpha value is -1.89. The van der Waals surface area contributed by atoms with E-state index in [2.05, 4.69) is 19.9 Å². The highest BCUT2D eigenvalue weighted by Crippen LogP contribution is 2.16. The predicted molar refractivity (Wildman–Crippen MR) is 84.8 cm³/mol. The number of nitrogens with zero attached hydrogens (tertiary/aromatic N) is 2. The Balaban J connectivity index is 1.87. The number of aliphatic imine (C=N–C) groups is 1. The van der Waals surface area contributed by atoms with Crippen LogP contribution in [0.15, 0.2) is 29.3 Å². The third kappa shape index (κ3) is 5.67. The molecule has 0 spiro atoms. The summed E-state index contributed by atoms with van der Waals surface area (Å²) in [6.45, 7) is 0.147. The van der Waals surface area contributed by atoms with Crippen molar-refractivity contribution in [1.29, 1.82) is 0 Å². The van der Waals surface area contributed by atoms with Crippen molar-refractivity contribution in [1.82, 2.24) is 10.2 Å². The van der Waals surface area contributed by atoms with E-state index in [1.165, 1.54) is 6.07 Å². The lowest BCUT2D eigenvalue weighted by Crippen LogP contribution is -2.41. The Labute approximate surface area is 135 Å². The van der Waals surface area contributed by atoms with Gasteiger partial charge >= 0.3 is 6.61 Å². The van der Waals surface area contributed by atoms with Crippen LogP contribution in [0.1, 0.15) is 12.0 Å². The van der Waals surface area contributed by atoms with E-state index in [1.807, 2.05) is 13.1 Å². The third-order valence-corrected chi connectivity index (χ3v) is 3.70. The fourth-order valence-electron chi connectivity index (χ4n) is 2.60. The molecule has 1 fully saturated rings. The number of guanidine groups is 1. The maximum atomic E-state index is 12.2. The van der Waals surface area contributed by atoms with Crippen LogP contribution >= 0.6 is 0 Å². The first-order valence-corrected chi connectivity index (χ1v) is 7.61. The number of hydrogen-bond acceptors (Lipinski definition) is 3. The molecule has 1 heterocycles. The maximum Gasteiger partial charge on any atom is 0.387 e. The van der Waals surface area contributed by atoms with E-state index in [0.717, 1.165) is 37.7 Å². The molecule has 1 N–H and O–H groups in total. The quantitative estimate of drug-likeness (QED) is 0.643. The second kappa shape index (κ2) is 8.67. The molecule has 1 unspecified atom stereocenters. The zero-order valence-corrected chi connectivity index (χ0v) is 13.5. The summed E-state index contributed by atoms with van der Waals surface area (Å²) < 4.78 is 34.3. The van der Waals surface area contributed by atoms with Gasteiger partial charge in [0, 0.05) is 39.7 Å². The van der Waals surface area contributed by atoms with Crippen molar-refractivity contribution >= 4 is 5.96 Å². The van der Waals surface area contributed by atoms with Crippen LogP contribution in [-0.2, 0) is 11.3 Å². The second-order valence-electron chi connectivity index (χ2n) is 5.54. The zero-order chi connectivity index (χ0) is 16.7. The average molecular weight is 327 g/mol. The lowest BCUT2D eigenvalue weighted by atomic mass is 10.1. The van der Waals surface area contributed by atoms with Crippen LogP contribution in [0.4, 0.5) is 8.78 Å². The number of halogens is 2. The Morgan fingerprint density at radius 1 is 1.52 bits per heavy atom. The van der Waals surface area contributed by atoms with Crippen LogP contribution in [-0.4, -0.2) is 51.3 Å². The SMILES string of the molecule is CN=C(NCc1cccc(OC(F)F)c1)N(C)CC1CCOC1. The Kier molecular flexibility index (Phi) is 6.58. The van der Waals surface area contributed by atoms with Crippen LogP contribution in [0, 0.1) is 5.92 Å².